The molecule has 3 heterocycles. The van der Waals surface area contributed by atoms with Crippen molar-refractivity contribution in [3.8, 4) is 67.5 Å². The molecule has 0 N–H and O–H groups in total. The molecule has 0 amide bonds. The van der Waals surface area contributed by atoms with Crippen molar-refractivity contribution in [3.05, 3.63) is 216 Å². The summed E-state index contributed by atoms with van der Waals surface area (Å²) in [6, 6.07) is 69.5. The normalized spacial score (nSPS) is 13.2. The third-order valence-electron chi connectivity index (χ3n) is 11.8. The molecule has 8 aromatic carbocycles. The van der Waals surface area contributed by atoms with E-state index in [4.69, 9.17) is 14.7 Å². The third-order valence-corrected chi connectivity index (χ3v) is 13.0. The van der Waals surface area contributed by atoms with Gasteiger partial charge in [-0.1, -0.05) is 164 Å². The molecule has 1 aliphatic heterocycles. The van der Waals surface area contributed by atoms with Gasteiger partial charge in [0.2, 0.25) is 0 Å². The van der Waals surface area contributed by atoms with Gasteiger partial charge in [0, 0.05) is 32.3 Å². The molecule has 12 rings (SSSR count). The molecule has 0 unspecified atom stereocenters. The fraction of sp³-hybridized carbons (Fsp3) is 0.0189. The highest BCUT2D eigenvalue weighted by atomic mass is 32.1. The third kappa shape index (κ3) is 4.78. The minimum absolute atomic E-state index is 0.626. The van der Waals surface area contributed by atoms with Gasteiger partial charge in [0.15, 0.2) is 5.82 Å². The van der Waals surface area contributed by atoms with Gasteiger partial charge in [-0.2, -0.15) is 0 Å². The summed E-state index contributed by atoms with van der Waals surface area (Å²) in [4.78, 5) is 10.8. The predicted molar refractivity (Wildman–Crippen MR) is 234 cm³/mol. The quantitative estimate of drug-likeness (QED) is 0.180. The molecule has 4 heteroatoms. The van der Waals surface area contributed by atoms with E-state index in [1.807, 2.05) is 0 Å². The van der Waals surface area contributed by atoms with Crippen LogP contribution in [0.5, 0.6) is 11.5 Å². The zero-order valence-electron chi connectivity index (χ0n) is 30.7. The number of para-hydroxylation sites is 2. The Kier molecular flexibility index (Phi) is 7.01. The first-order valence-corrected chi connectivity index (χ1v) is 20.1. The number of hydrogen-bond acceptors (Lipinski definition) is 4. The van der Waals surface area contributed by atoms with Crippen LogP contribution in [-0.2, 0) is 5.41 Å². The average Bonchev–Trinajstić information content (AvgIpc) is 3.80. The lowest BCUT2D eigenvalue weighted by Gasteiger charge is -2.39. The molecule has 0 radical (unpaired) electrons. The second-order valence-corrected chi connectivity index (χ2v) is 15.9. The van der Waals surface area contributed by atoms with Gasteiger partial charge in [0.25, 0.3) is 0 Å². The predicted octanol–water partition coefficient (Wildman–Crippen LogP) is 14.0. The van der Waals surface area contributed by atoms with Crippen molar-refractivity contribution >= 4 is 31.6 Å². The summed E-state index contributed by atoms with van der Waals surface area (Å²) in [6.07, 6.45) is 0. The van der Waals surface area contributed by atoms with Crippen molar-refractivity contribution in [3.63, 3.8) is 0 Å². The number of benzene rings is 8. The number of aromatic nitrogens is 2. The van der Waals surface area contributed by atoms with Crippen molar-refractivity contribution in [1.82, 2.24) is 9.97 Å². The van der Waals surface area contributed by atoms with Crippen LogP contribution in [0, 0.1) is 0 Å². The van der Waals surface area contributed by atoms with Crippen LogP contribution in [-0.4, -0.2) is 9.97 Å². The lowest BCUT2D eigenvalue weighted by molar-refractivity contribution is 0.436. The summed E-state index contributed by atoms with van der Waals surface area (Å²) in [6.45, 7) is 0. The molecule has 0 fully saturated rings. The van der Waals surface area contributed by atoms with Crippen LogP contribution in [0.25, 0.3) is 76.3 Å². The maximum Gasteiger partial charge on any atom is 0.160 e. The smallest absolute Gasteiger partial charge is 0.160 e. The number of thiophene rings is 1. The topological polar surface area (TPSA) is 35.0 Å². The van der Waals surface area contributed by atoms with E-state index in [2.05, 4.69) is 194 Å². The van der Waals surface area contributed by atoms with Crippen LogP contribution in [0.2, 0.25) is 0 Å². The molecule has 3 nitrogen and oxygen atoms in total. The number of nitrogens with zero attached hydrogens (tertiary/aromatic N) is 2. The summed E-state index contributed by atoms with van der Waals surface area (Å²) in [5.41, 5.74) is 15.3. The molecule has 2 aliphatic rings. The molecule has 0 saturated heterocycles. The molecule has 10 aromatic rings. The highest BCUT2D eigenvalue weighted by Gasteiger charge is 2.51. The SMILES string of the molecule is c1ccc(-c2ccc(-c3nc(-c4ccc5c(c4)C4(c6ccccc6Oc6ccccc64)c4cc(-c6ccccc6)ccc4-5)c4sc5ccccc5c4n3)cc2)cc1. The maximum absolute atomic E-state index is 6.70. The van der Waals surface area contributed by atoms with E-state index in [0.717, 1.165) is 60.6 Å². The molecular weight excluding hydrogens is 713 g/mol. The van der Waals surface area contributed by atoms with E-state index < -0.39 is 5.41 Å². The second-order valence-electron chi connectivity index (χ2n) is 14.8. The first kappa shape index (κ1) is 32.1. The Morgan fingerprint density at radius 2 is 0.912 bits per heavy atom. The number of ether oxygens (including phenoxy) is 1. The molecule has 2 aromatic heterocycles. The molecule has 0 bridgehead atoms. The molecule has 0 atom stereocenters. The minimum Gasteiger partial charge on any atom is -0.457 e. The van der Waals surface area contributed by atoms with Gasteiger partial charge < -0.3 is 4.74 Å². The fourth-order valence-electron chi connectivity index (χ4n) is 9.21. The molecule has 266 valence electrons. The van der Waals surface area contributed by atoms with Gasteiger partial charge in [-0.25, -0.2) is 9.97 Å². The highest BCUT2D eigenvalue weighted by molar-refractivity contribution is 7.26. The largest absolute Gasteiger partial charge is 0.457 e. The number of hydrogen-bond donors (Lipinski definition) is 0. The van der Waals surface area contributed by atoms with E-state index in [0.29, 0.717) is 5.82 Å². The Bertz CT molecular complexity index is 3160. The first-order chi connectivity index (χ1) is 28.2. The molecule has 1 spiro atoms. The van der Waals surface area contributed by atoms with Gasteiger partial charge in [-0.3, -0.25) is 0 Å². The summed E-state index contributed by atoms with van der Waals surface area (Å²) in [5, 5.41) is 1.15. The average molecular weight is 745 g/mol. The Balaban J connectivity index is 1.12. The van der Waals surface area contributed by atoms with Crippen LogP contribution in [0.4, 0.5) is 0 Å². The number of rotatable bonds is 4. The Hall–Kier alpha value is -7.14. The zero-order valence-corrected chi connectivity index (χ0v) is 31.5. The van der Waals surface area contributed by atoms with Gasteiger partial charge in [0.05, 0.1) is 21.3 Å². The first-order valence-electron chi connectivity index (χ1n) is 19.3. The van der Waals surface area contributed by atoms with Gasteiger partial charge in [-0.05, 0) is 74.8 Å². The van der Waals surface area contributed by atoms with Crippen molar-refractivity contribution in [1.29, 1.82) is 0 Å². The fourth-order valence-corrected chi connectivity index (χ4v) is 10.4. The van der Waals surface area contributed by atoms with Crippen LogP contribution < -0.4 is 4.74 Å². The zero-order chi connectivity index (χ0) is 37.5. The monoisotopic (exact) mass is 744 g/mol. The van der Waals surface area contributed by atoms with Crippen molar-refractivity contribution in [2.24, 2.45) is 0 Å². The summed E-state index contributed by atoms with van der Waals surface area (Å²) in [7, 11) is 0. The molecule has 0 saturated carbocycles. The Morgan fingerprint density at radius 3 is 1.60 bits per heavy atom. The lowest BCUT2D eigenvalue weighted by Crippen LogP contribution is -2.32. The minimum atomic E-state index is -0.626. The second kappa shape index (κ2) is 12.4. The van der Waals surface area contributed by atoms with Gasteiger partial charge in [0.1, 0.15) is 11.5 Å². The Labute approximate surface area is 334 Å². The van der Waals surface area contributed by atoms with Crippen molar-refractivity contribution < 1.29 is 4.74 Å². The number of fused-ring (bicyclic) bond motifs is 12. The molecular formula is C53H32N2OS. The van der Waals surface area contributed by atoms with E-state index in [9.17, 15) is 0 Å². The molecule has 57 heavy (non-hydrogen) atoms. The van der Waals surface area contributed by atoms with Crippen LogP contribution >= 0.6 is 11.3 Å². The van der Waals surface area contributed by atoms with Crippen LogP contribution in [0.1, 0.15) is 22.3 Å². The van der Waals surface area contributed by atoms with E-state index in [1.54, 1.807) is 11.3 Å². The standard InChI is InChI=1S/C53H32N2OS/c1-3-13-33(14-4-1)35-23-25-36(26-24-35)52-54-49(51-50(55-52)41-17-7-12-22-48(41)57-51)38-28-30-40-39-29-27-37(34-15-5-2-6-16-34)31-44(39)53(45(40)32-38)42-18-8-10-20-46(42)56-47-21-11-9-19-43(47)53/h1-32H. The Morgan fingerprint density at radius 1 is 0.404 bits per heavy atom. The van der Waals surface area contributed by atoms with E-state index in [-0.39, 0.29) is 0 Å². The highest BCUT2D eigenvalue weighted by Crippen LogP contribution is 2.63. The summed E-state index contributed by atoms with van der Waals surface area (Å²) < 4.78 is 8.98. The summed E-state index contributed by atoms with van der Waals surface area (Å²) in [5.74, 6) is 2.47. The van der Waals surface area contributed by atoms with Crippen molar-refractivity contribution in [2.75, 3.05) is 0 Å². The van der Waals surface area contributed by atoms with E-state index >= 15 is 0 Å². The maximum atomic E-state index is 6.70. The lowest BCUT2D eigenvalue weighted by atomic mass is 9.65. The summed E-state index contributed by atoms with van der Waals surface area (Å²) >= 11 is 1.77. The molecule has 1 aliphatic carbocycles. The van der Waals surface area contributed by atoms with Crippen molar-refractivity contribution in [2.45, 2.75) is 5.41 Å². The van der Waals surface area contributed by atoms with Gasteiger partial charge >= 0.3 is 0 Å². The van der Waals surface area contributed by atoms with E-state index in [1.165, 1.54) is 43.6 Å². The van der Waals surface area contributed by atoms with Crippen LogP contribution in [0.3, 0.4) is 0 Å². The van der Waals surface area contributed by atoms with Crippen LogP contribution in [0.15, 0.2) is 194 Å². The van der Waals surface area contributed by atoms with Gasteiger partial charge in [-0.15, -0.1) is 11.3 Å².